The molecule has 0 aromatic carbocycles. The molecule has 2 N–H and O–H groups in total. The van der Waals surface area contributed by atoms with Crippen molar-refractivity contribution in [2.24, 2.45) is 11.7 Å². The van der Waals surface area contributed by atoms with Crippen LogP contribution < -0.4 is 5.73 Å². The Balaban J connectivity index is 1.85. The molecule has 88 valence electrons. The molecule has 0 bridgehead atoms. The molecule has 0 aromatic heterocycles. The summed E-state index contributed by atoms with van der Waals surface area (Å²) >= 11 is 0. The van der Waals surface area contributed by atoms with E-state index in [9.17, 15) is 0 Å². The fourth-order valence-electron chi connectivity index (χ4n) is 2.87. The van der Waals surface area contributed by atoms with Gasteiger partial charge >= 0.3 is 0 Å². The predicted octanol–water partition coefficient (Wildman–Crippen LogP) is 1.22. The highest BCUT2D eigenvalue weighted by Crippen LogP contribution is 2.22. The monoisotopic (exact) mass is 212 g/mol. The molecule has 3 nitrogen and oxygen atoms in total. The Bertz CT molecular complexity index is 198. The first-order chi connectivity index (χ1) is 7.31. The Morgan fingerprint density at radius 1 is 1.33 bits per heavy atom. The van der Waals surface area contributed by atoms with E-state index in [0.29, 0.717) is 5.92 Å². The van der Waals surface area contributed by atoms with Crippen LogP contribution in [0.15, 0.2) is 0 Å². The molecule has 2 saturated heterocycles. The number of nitrogens with two attached hydrogens (primary N) is 1. The number of hydrogen-bond acceptors (Lipinski definition) is 3. The van der Waals surface area contributed by atoms with Gasteiger partial charge in [0, 0.05) is 24.5 Å². The molecule has 3 heteroatoms. The topological polar surface area (TPSA) is 38.5 Å². The molecule has 3 atom stereocenters. The number of ether oxygens (including phenoxy) is 1. The average molecular weight is 212 g/mol. The molecule has 0 radical (unpaired) electrons. The Hall–Kier alpha value is -0.120. The van der Waals surface area contributed by atoms with E-state index >= 15 is 0 Å². The maximum Gasteiger partial charge on any atom is 0.0621 e. The van der Waals surface area contributed by atoms with Gasteiger partial charge in [0.25, 0.3) is 0 Å². The van der Waals surface area contributed by atoms with Crippen LogP contribution in [0.4, 0.5) is 0 Å². The number of hydrogen-bond donors (Lipinski definition) is 1. The lowest BCUT2D eigenvalue weighted by Crippen LogP contribution is -2.45. The van der Waals surface area contributed by atoms with Crippen molar-refractivity contribution < 1.29 is 4.74 Å². The Labute approximate surface area is 93.0 Å². The second-order valence-corrected chi connectivity index (χ2v) is 5.01. The van der Waals surface area contributed by atoms with Gasteiger partial charge in [-0.2, -0.15) is 0 Å². The zero-order valence-electron chi connectivity index (χ0n) is 9.82. The third-order valence-corrected chi connectivity index (χ3v) is 3.94. The van der Waals surface area contributed by atoms with Crippen LogP contribution >= 0.6 is 0 Å². The van der Waals surface area contributed by atoms with E-state index in [1.807, 2.05) is 0 Å². The summed E-state index contributed by atoms with van der Waals surface area (Å²) in [7, 11) is 0. The minimum atomic E-state index is 0.268. The van der Waals surface area contributed by atoms with Crippen molar-refractivity contribution >= 4 is 0 Å². The third-order valence-electron chi connectivity index (χ3n) is 3.94. The molecular formula is C12H24N2O. The smallest absolute Gasteiger partial charge is 0.0621 e. The van der Waals surface area contributed by atoms with E-state index in [2.05, 4.69) is 11.8 Å². The van der Waals surface area contributed by atoms with Gasteiger partial charge < -0.3 is 10.5 Å². The minimum absolute atomic E-state index is 0.268. The molecule has 2 rings (SSSR count). The average Bonchev–Trinajstić information content (AvgIpc) is 2.65. The summed E-state index contributed by atoms with van der Waals surface area (Å²) < 4.78 is 5.43. The lowest BCUT2D eigenvalue weighted by atomic mass is 9.96. The number of rotatable bonds is 3. The minimum Gasteiger partial charge on any atom is -0.379 e. The molecule has 0 aromatic rings. The van der Waals surface area contributed by atoms with Gasteiger partial charge in [-0.3, -0.25) is 4.90 Å². The van der Waals surface area contributed by atoms with Gasteiger partial charge in [-0.1, -0.05) is 13.3 Å². The van der Waals surface area contributed by atoms with E-state index in [-0.39, 0.29) is 6.04 Å². The van der Waals surface area contributed by atoms with E-state index in [1.165, 1.54) is 32.2 Å². The highest BCUT2D eigenvalue weighted by atomic mass is 16.5. The fourth-order valence-corrected chi connectivity index (χ4v) is 2.87. The summed E-state index contributed by atoms with van der Waals surface area (Å²) in [4.78, 5) is 2.64. The van der Waals surface area contributed by atoms with Crippen LogP contribution in [0.5, 0.6) is 0 Å². The molecule has 2 aliphatic heterocycles. The van der Waals surface area contributed by atoms with Crippen molar-refractivity contribution in [1.29, 1.82) is 0 Å². The van der Waals surface area contributed by atoms with Gasteiger partial charge in [0.05, 0.1) is 13.2 Å². The third kappa shape index (κ3) is 2.71. The van der Waals surface area contributed by atoms with Crippen LogP contribution in [0.25, 0.3) is 0 Å². The molecule has 2 fully saturated rings. The second-order valence-electron chi connectivity index (χ2n) is 5.01. The summed E-state index contributed by atoms with van der Waals surface area (Å²) in [5.41, 5.74) is 6.03. The number of piperidine rings is 1. The van der Waals surface area contributed by atoms with Crippen LogP contribution in [0.2, 0.25) is 0 Å². The van der Waals surface area contributed by atoms with Crippen molar-refractivity contribution in [3.63, 3.8) is 0 Å². The summed E-state index contributed by atoms with van der Waals surface area (Å²) in [5, 5.41) is 0. The van der Waals surface area contributed by atoms with Crippen molar-refractivity contribution in [3.05, 3.63) is 0 Å². The Kier molecular flexibility index (Phi) is 4.00. The summed E-state index contributed by atoms with van der Waals surface area (Å²) in [6.45, 7) is 6.35. The lowest BCUT2D eigenvalue weighted by molar-refractivity contribution is 0.110. The SMILES string of the molecule is CCC1CCCCN1CC1COCC1N. The van der Waals surface area contributed by atoms with E-state index in [0.717, 1.165) is 25.8 Å². The van der Waals surface area contributed by atoms with Crippen molar-refractivity contribution in [3.8, 4) is 0 Å². The van der Waals surface area contributed by atoms with Gasteiger partial charge in [-0.05, 0) is 25.8 Å². The van der Waals surface area contributed by atoms with Gasteiger partial charge in [-0.25, -0.2) is 0 Å². The van der Waals surface area contributed by atoms with Crippen LogP contribution in [0.1, 0.15) is 32.6 Å². The van der Waals surface area contributed by atoms with Crippen LogP contribution in [0.3, 0.4) is 0 Å². The van der Waals surface area contributed by atoms with Crippen molar-refractivity contribution in [2.45, 2.75) is 44.7 Å². The largest absolute Gasteiger partial charge is 0.379 e. The van der Waals surface area contributed by atoms with Gasteiger partial charge in [0.1, 0.15) is 0 Å². The van der Waals surface area contributed by atoms with Crippen molar-refractivity contribution in [1.82, 2.24) is 4.90 Å². The first-order valence-corrected chi connectivity index (χ1v) is 6.38. The zero-order valence-corrected chi connectivity index (χ0v) is 9.82. The summed E-state index contributed by atoms with van der Waals surface area (Å²) in [5.74, 6) is 0.567. The fraction of sp³-hybridized carbons (Fsp3) is 1.00. The molecule has 0 spiro atoms. The molecule has 15 heavy (non-hydrogen) atoms. The maximum atomic E-state index is 6.03. The quantitative estimate of drug-likeness (QED) is 0.764. The van der Waals surface area contributed by atoms with E-state index < -0.39 is 0 Å². The number of likely N-dealkylation sites (tertiary alicyclic amines) is 1. The van der Waals surface area contributed by atoms with E-state index in [1.54, 1.807) is 0 Å². The second kappa shape index (κ2) is 5.28. The Morgan fingerprint density at radius 3 is 2.87 bits per heavy atom. The molecule has 2 aliphatic rings. The number of nitrogens with zero attached hydrogens (tertiary/aromatic N) is 1. The standard InChI is InChI=1S/C12H24N2O/c1-2-11-5-3-4-6-14(11)7-10-8-15-9-12(10)13/h10-12H,2-9,13H2,1H3. The lowest BCUT2D eigenvalue weighted by Gasteiger charge is -2.37. The highest BCUT2D eigenvalue weighted by Gasteiger charge is 2.29. The van der Waals surface area contributed by atoms with Crippen LogP contribution in [-0.4, -0.2) is 43.3 Å². The van der Waals surface area contributed by atoms with Crippen LogP contribution in [0, 0.1) is 5.92 Å². The van der Waals surface area contributed by atoms with Gasteiger partial charge in [0.2, 0.25) is 0 Å². The van der Waals surface area contributed by atoms with Crippen LogP contribution in [-0.2, 0) is 4.74 Å². The molecule has 0 aliphatic carbocycles. The highest BCUT2D eigenvalue weighted by molar-refractivity contribution is 4.84. The Morgan fingerprint density at radius 2 is 2.20 bits per heavy atom. The summed E-state index contributed by atoms with van der Waals surface area (Å²) in [6, 6.07) is 1.07. The molecule has 0 amide bonds. The van der Waals surface area contributed by atoms with E-state index in [4.69, 9.17) is 10.5 Å². The maximum absolute atomic E-state index is 6.03. The van der Waals surface area contributed by atoms with Gasteiger partial charge in [0.15, 0.2) is 0 Å². The van der Waals surface area contributed by atoms with Crippen molar-refractivity contribution in [2.75, 3.05) is 26.3 Å². The summed E-state index contributed by atoms with van der Waals surface area (Å²) in [6.07, 6.45) is 5.42. The zero-order chi connectivity index (χ0) is 10.7. The van der Waals surface area contributed by atoms with Gasteiger partial charge in [-0.15, -0.1) is 0 Å². The normalized spacial score (nSPS) is 38.4. The first-order valence-electron chi connectivity index (χ1n) is 6.38. The molecule has 3 unspecified atom stereocenters. The predicted molar refractivity (Wildman–Crippen MR) is 61.8 cm³/mol. The first kappa shape index (κ1) is 11.4. The molecule has 2 heterocycles. The molecular weight excluding hydrogens is 188 g/mol. The molecule has 0 saturated carbocycles.